The number of likely N-dealkylation sites (N-methyl/N-ethyl adjacent to an activating group) is 1. The molecule has 1 aliphatic rings. The van der Waals surface area contributed by atoms with E-state index in [9.17, 15) is 0 Å². The maximum Gasteiger partial charge on any atom is 0.0826 e. The first-order chi connectivity index (χ1) is 8.78. The van der Waals surface area contributed by atoms with Crippen molar-refractivity contribution in [2.24, 2.45) is 0 Å². The summed E-state index contributed by atoms with van der Waals surface area (Å²) in [5.74, 6) is 0. The molecule has 0 aliphatic carbocycles. The maximum absolute atomic E-state index is 5.72. The van der Waals surface area contributed by atoms with Gasteiger partial charge in [0.2, 0.25) is 0 Å². The Balaban J connectivity index is 1.67. The Kier molecular flexibility index (Phi) is 5.23. The molecular weight excluding hydrogens is 226 g/mol. The molecule has 0 spiro atoms. The highest BCUT2D eigenvalue weighted by molar-refractivity contribution is 5.09. The summed E-state index contributed by atoms with van der Waals surface area (Å²) in [6.07, 6.45) is 5.90. The van der Waals surface area contributed by atoms with Crippen LogP contribution in [0.25, 0.3) is 0 Å². The van der Waals surface area contributed by atoms with Gasteiger partial charge >= 0.3 is 0 Å². The van der Waals surface area contributed by atoms with Crippen molar-refractivity contribution in [3.05, 3.63) is 24.0 Å². The number of hydrogen-bond donors (Lipinski definition) is 1. The number of rotatable bonds is 6. The first-order valence-electron chi connectivity index (χ1n) is 6.93. The molecular formula is C14H25N3O. The van der Waals surface area contributed by atoms with Crippen molar-refractivity contribution in [2.75, 3.05) is 33.3 Å². The van der Waals surface area contributed by atoms with E-state index in [1.54, 1.807) is 0 Å². The topological polar surface area (TPSA) is 29.4 Å². The Labute approximate surface area is 110 Å². The van der Waals surface area contributed by atoms with Gasteiger partial charge in [0.25, 0.3) is 0 Å². The molecule has 1 aliphatic heterocycles. The fraction of sp³-hybridized carbons (Fsp3) is 0.714. The molecule has 1 atom stereocenters. The van der Waals surface area contributed by atoms with E-state index in [1.165, 1.54) is 12.0 Å². The molecule has 0 saturated carbocycles. The normalized spacial score (nSPS) is 21.3. The Bertz CT molecular complexity index is 351. The molecule has 1 N–H and O–H groups in total. The summed E-state index contributed by atoms with van der Waals surface area (Å²) in [5.41, 5.74) is 1.35. The smallest absolute Gasteiger partial charge is 0.0826 e. The highest BCUT2D eigenvalue weighted by Crippen LogP contribution is 2.04. The molecule has 4 heteroatoms. The van der Waals surface area contributed by atoms with Gasteiger partial charge in [0, 0.05) is 45.1 Å². The van der Waals surface area contributed by atoms with Gasteiger partial charge < -0.3 is 19.5 Å². The average Bonchev–Trinajstić information content (AvgIpc) is 2.78. The lowest BCUT2D eigenvalue weighted by molar-refractivity contribution is -0.0182. The Morgan fingerprint density at radius 2 is 2.39 bits per heavy atom. The fourth-order valence-electron chi connectivity index (χ4n) is 2.36. The van der Waals surface area contributed by atoms with Crippen molar-refractivity contribution in [1.29, 1.82) is 0 Å². The molecule has 0 amide bonds. The number of hydrogen-bond acceptors (Lipinski definition) is 3. The van der Waals surface area contributed by atoms with Crippen LogP contribution < -0.4 is 5.32 Å². The molecule has 1 saturated heterocycles. The molecule has 1 aromatic heterocycles. The largest absolute Gasteiger partial charge is 0.374 e. The third-order valence-corrected chi connectivity index (χ3v) is 3.34. The highest BCUT2D eigenvalue weighted by atomic mass is 16.5. The van der Waals surface area contributed by atoms with Crippen molar-refractivity contribution in [1.82, 2.24) is 14.8 Å². The second kappa shape index (κ2) is 6.92. The summed E-state index contributed by atoms with van der Waals surface area (Å²) in [6, 6.07) is 2.19. The molecule has 1 unspecified atom stereocenters. The molecule has 2 rings (SSSR count). The number of morpholine rings is 1. The van der Waals surface area contributed by atoms with Gasteiger partial charge in [0.1, 0.15) is 0 Å². The summed E-state index contributed by atoms with van der Waals surface area (Å²) in [6.45, 7) is 8.12. The predicted octanol–water partition coefficient (Wildman–Crippen LogP) is 1.32. The van der Waals surface area contributed by atoms with Gasteiger partial charge in [-0.3, -0.25) is 0 Å². The molecule has 18 heavy (non-hydrogen) atoms. The molecule has 102 valence electrons. The molecule has 0 aromatic carbocycles. The van der Waals surface area contributed by atoms with Crippen molar-refractivity contribution >= 4 is 0 Å². The van der Waals surface area contributed by atoms with Crippen LogP contribution in [0.1, 0.15) is 18.9 Å². The van der Waals surface area contributed by atoms with Gasteiger partial charge in [0.15, 0.2) is 0 Å². The number of nitrogens with zero attached hydrogens (tertiary/aromatic N) is 2. The zero-order valence-corrected chi connectivity index (χ0v) is 11.6. The predicted molar refractivity (Wildman–Crippen MR) is 73.7 cm³/mol. The van der Waals surface area contributed by atoms with E-state index >= 15 is 0 Å². The number of aryl methyl sites for hydroxylation is 1. The Morgan fingerprint density at radius 1 is 1.50 bits per heavy atom. The number of aromatic nitrogens is 1. The third kappa shape index (κ3) is 4.12. The van der Waals surface area contributed by atoms with Gasteiger partial charge in [-0.25, -0.2) is 0 Å². The van der Waals surface area contributed by atoms with E-state index in [0.717, 1.165) is 39.3 Å². The van der Waals surface area contributed by atoms with Crippen LogP contribution in [0.4, 0.5) is 0 Å². The monoisotopic (exact) mass is 251 g/mol. The summed E-state index contributed by atoms with van der Waals surface area (Å²) in [7, 11) is 2.15. The van der Waals surface area contributed by atoms with E-state index in [0.29, 0.717) is 6.10 Å². The van der Waals surface area contributed by atoms with Gasteiger partial charge in [-0.15, -0.1) is 0 Å². The molecule has 1 aromatic rings. The van der Waals surface area contributed by atoms with Crippen LogP contribution in [0.2, 0.25) is 0 Å². The van der Waals surface area contributed by atoms with Gasteiger partial charge in [-0.05, 0) is 25.1 Å². The van der Waals surface area contributed by atoms with Gasteiger partial charge in [-0.1, -0.05) is 6.92 Å². The quantitative estimate of drug-likeness (QED) is 0.827. The second-order valence-electron chi connectivity index (χ2n) is 5.14. The van der Waals surface area contributed by atoms with Crippen LogP contribution in [0, 0.1) is 0 Å². The van der Waals surface area contributed by atoms with E-state index in [-0.39, 0.29) is 0 Å². The van der Waals surface area contributed by atoms with Gasteiger partial charge in [-0.2, -0.15) is 0 Å². The lowest BCUT2D eigenvalue weighted by Crippen LogP contribution is -2.44. The zero-order chi connectivity index (χ0) is 12.8. The second-order valence-corrected chi connectivity index (χ2v) is 5.14. The van der Waals surface area contributed by atoms with Crippen LogP contribution in [-0.2, 0) is 17.8 Å². The van der Waals surface area contributed by atoms with Crippen molar-refractivity contribution in [2.45, 2.75) is 32.5 Å². The molecule has 0 radical (unpaired) electrons. The van der Waals surface area contributed by atoms with E-state index in [2.05, 4.69) is 47.2 Å². The fourth-order valence-corrected chi connectivity index (χ4v) is 2.36. The molecule has 0 bridgehead atoms. The van der Waals surface area contributed by atoms with Gasteiger partial charge in [0.05, 0.1) is 12.7 Å². The molecule has 2 heterocycles. The lowest BCUT2D eigenvalue weighted by atomic mass is 10.2. The Morgan fingerprint density at radius 3 is 3.17 bits per heavy atom. The van der Waals surface area contributed by atoms with Crippen molar-refractivity contribution in [3.63, 3.8) is 0 Å². The minimum absolute atomic E-state index is 0.335. The first-order valence-corrected chi connectivity index (χ1v) is 6.93. The maximum atomic E-state index is 5.72. The molecule has 1 fully saturated rings. The zero-order valence-electron chi connectivity index (χ0n) is 11.6. The van der Waals surface area contributed by atoms with Crippen molar-refractivity contribution in [3.8, 4) is 0 Å². The minimum Gasteiger partial charge on any atom is -0.374 e. The number of ether oxygens (including phenoxy) is 1. The lowest BCUT2D eigenvalue weighted by Gasteiger charge is -2.30. The van der Waals surface area contributed by atoms with E-state index in [4.69, 9.17) is 4.74 Å². The van der Waals surface area contributed by atoms with E-state index < -0.39 is 0 Å². The summed E-state index contributed by atoms with van der Waals surface area (Å²) < 4.78 is 7.97. The van der Waals surface area contributed by atoms with Crippen LogP contribution >= 0.6 is 0 Å². The summed E-state index contributed by atoms with van der Waals surface area (Å²) >= 11 is 0. The van der Waals surface area contributed by atoms with Crippen LogP contribution in [-0.4, -0.2) is 48.9 Å². The SMILES string of the molecule is CCCn1ccc(CNCC2CN(C)CCO2)c1. The van der Waals surface area contributed by atoms with Crippen LogP contribution in [0.5, 0.6) is 0 Å². The average molecular weight is 251 g/mol. The molecule has 4 nitrogen and oxygen atoms in total. The van der Waals surface area contributed by atoms with E-state index in [1.807, 2.05) is 0 Å². The Hall–Kier alpha value is -0.840. The highest BCUT2D eigenvalue weighted by Gasteiger charge is 2.16. The minimum atomic E-state index is 0.335. The summed E-state index contributed by atoms with van der Waals surface area (Å²) in [5, 5.41) is 3.48. The van der Waals surface area contributed by atoms with Crippen LogP contribution in [0.15, 0.2) is 18.5 Å². The standard InChI is InChI=1S/C14H25N3O/c1-3-5-17-6-4-13(11-17)9-15-10-14-12-16(2)7-8-18-14/h4,6,11,14-15H,3,5,7-10,12H2,1-2H3. The first kappa shape index (κ1) is 13.6. The summed E-state index contributed by atoms with van der Waals surface area (Å²) in [4.78, 5) is 2.33. The number of nitrogens with one attached hydrogen (secondary N) is 1. The third-order valence-electron chi connectivity index (χ3n) is 3.34. The van der Waals surface area contributed by atoms with Crippen molar-refractivity contribution < 1.29 is 4.74 Å². The van der Waals surface area contributed by atoms with Crippen LogP contribution in [0.3, 0.4) is 0 Å².